The van der Waals surface area contributed by atoms with E-state index in [4.69, 9.17) is 11.6 Å². The largest absolute Gasteiger partial charge is 0.354 e. The van der Waals surface area contributed by atoms with Crippen molar-refractivity contribution < 1.29 is 18.0 Å². The van der Waals surface area contributed by atoms with Crippen LogP contribution in [0.2, 0.25) is 5.02 Å². The van der Waals surface area contributed by atoms with Crippen LogP contribution in [0.1, 0.15) is 76.8 Å². The maximum absolute atomic E-state index is 14.0. The molecule has 0 heterocycles. The smallest absolute Gasteiger partial charge is 0.244 e. The van der Waals surface area contributed by atoms with Gasteiger partial charge in [-0.25, -0.2) is 8.42 Å². The van der Waals surface area contributed by atoms with Gasteiger partial charge in [0.1, 0.15) is 12.6 Å². The van der Waals surface area contributed by atoms with Crippen LogP contribution < -0.4 is 9.62 Å². The van der Waals surface area contributed by atoms with E-state index in [9.17, 15) is 18.0 Å². The van der Waals surface area contributed by atoms with E-state index in [1.807, 2.05) is 45.0 Å². The average molecular weight is 628 g/mol. The summed E-state index contributed by atoms with van der Waals surface area (Å²) >= 11 is 6.09. The number of amides is 2. The molecule has 0 aromatic heterocycles. The molecule has 1 N–H and O–H groups in total. The maximum Gasteiger partial charge on any atom is 0.244 e. The molecule has 9 heteroatoms. The third-order valence-electron chi connectivity index (χ3n) is 9.82. The molecule has 2 aromatic carbocycles. The van der Waals surface area contributed by atoms with Gasteiger partial charge in [0, 0.05) is 18.1 Å². The summed E-state index contributed by atoms with van der Waals surface area (Å²) in [5.41, 5.74) is 2.77. The molecule has 0 radical (unpaired) electrons. The zero-order valence-corrected chi connectivity index (χ0v) is 27.5. The van der Waals surface area contributed by atoms with Gasteiger partial charge in [-0.3, -0.25) is 13.9 Å². The molecule has 2 amide bonds. The van der Waals surface area contributed by atoms with E-state index in [1.165, 1.54) is 53.3 Å². The quantitative estimate of drug-likeness (QED) is 0.306. The molecule has 7 nitrogen and oxygen atoms in total. The Morgan fingerprint density at radius 3 is 2.00 bits per heavy atom. The van der Waals surface area contributed by atoms with E-state index in [-0.39, 0.29) is 23.8 Å². The number of anilines is 1. The van der Waals surface area contributed by atoms with Crippen molar-refractivity contribution in [1.29, 1.82) is 0 Å². The Morgan fingerprint density at radius 2 is 1.51 bits per heavy atom. The zero-order valence-electron chi connectivity index (χ0n) is 25.9. The molecule has 43 heavy (non-hydrogen) atoms. The Kier molecular flexibility index (Phi) is 9.48. The van der Waals surface area contributed by atoms with Crippen molar-refractivity contribution in [3.05, 3.63) is 64.7 Å². The van der Waals surface area contributed by atoms with Crippen molar-refractivity contribution in [2.45, 2.75) is 83.7 Å². The van der Waals surface area contributed by atoms with Gasteiger partial charge in [-0.05, 0) is 109 Å². The van der Waals surface area contributed by atoms with Gasteiger partial charge >= 0.3 is 0 Å². The van der Waals surface area contributed by atoms with Gasteiger partial charge in [0.2, 0.25) is 21.8 Å². The standard InChI is InChI=1S/C34H46ClN3O4S/c1-5-31(33(40)36-20-23(2)3)37(21-24-6-10-29(35)11-7-24)32(39)22-38(43(4,41)42)30-12-8-28(9-13-30)34-17-25-14-26(18-34)16-27(15-25)19-34/h6-13,23,25-27,31H,5,14-22H2,1-4H3,(H,36,40). The molecule has 4 aliphatic carbocycles. The number of hydrogen-bond donors (Lipinski definition) is 1. The molecule has 4 saturated carbocycles. The van der Waals surface area contributed by atoms with Crippen LogP contribution in [-0.2, 0) is 31.6 Å². The van der Waals surface area contributed by atoms with E-state index >= 15 is 0 Å². The molecule has 1 atom stereocenters. The van der Waals surface area contributed by atoms with Gasteiger partial charge in [0.15, 0.2) is 0 Å². The van der Waals surface area contributed by atoms with Crippen LogP contribution in [0.5, 0.6) is 0 Å². The van der Waals surface area contributed by atoms with Gasteiger partial charge in [-0.2, -0.15) is 0 Å². The topological polar surface area (TPSA) is 86.8 Å². The van der Waals surface area contributed by atoms with Gasteiger partial charge in [-0.1, -0.05) is 56.6 Å². The molecular weight excluding hydrogens is 582 g/mol. The summed E-state index contributed by atoms with van der Waals surface area (Å²) in [6.07, 6.45) is 9.29. The Bertz CT molecular complexity index is 1370. The SMILES string of the molecule is CCC(C(=O)NCC(C)C)N(Cc1ccc(Cl)cc1)C(=O)CN(c1ccc(C23CC4CC(CC(C4)C2)C3)cc1)S(C)(=O)=O. The minimum atomic E-state index is -3.79. The second-order valence-corrected chi connectivity index (χ2v) is 16.1. The average Bonchev–Trinajstić information content (AvgIpc) is 2.94. The molecule has 234 valence electrons. The number of benzene rings is 2. The second kappa shape index (κ2) is 12.8. The first kappa shape index (κ1) is 31.8. The highest BCUT2D eigenvalue weighted by Gasteiger charge is 2.51. The summed E-state index contributed by atoms with van der Waals surface area (Å²) in [5.74, 6) is 2.01. The molecule has 1 unspecified atom stereocenters. The van der Waals surface area contributed by atoms with Crippen molar-refractivity contribution >= 4 is 39.1 Å². The van der Waals surface area contributed by atoms with Crippen molar-refractivity contribution in [2.24, 2.45) is 23.7 Å². The predicted molar refractivity (Wildman–Crippen MR) is 172 cm³/mol. The summed E-state index contributed by atoms with van der Waals surface area (Å²) in [4.78, 5) is 28.8. The first-order valence-corrected chi connectivity index (χ1v) is 18.0. The van der Waals surface area contributed by atoms with E-state index < -0.39 is 28.5 Å². The Hall–Kier alpha value is -2.58. The summed E-state index contributed by atoms with van der Waals surface area (Å²) < 4.78 is 27.4. The molecule has 4 fully saturated rings. The number of hydrogen-bond acceptors (Lipinski definition) is 4. The molecule has 0 saturated heterocycles. The fraction of sp³-hybridized carbons (Fsp3) is 0.588. The third-order valence-corrected chi connectivity index (χ3v) is 11.2. The van der Waals surface area contributed by atoms with Crippen LogP contribution in [0.25, 0.3) is 0 Å². The van der Waals surface area contributed by atoms with Gasteiger partial charge in [-0.15, -0.1) is 0 Å². The number of nitrogens with zero attached hydrogens (tertiary/aromatic N) is 2. The Balaban J connectivity index is 1.39. The molecule has 4 aliphatic rings. The number of halogens is 1. The number of carbonyl (C=O) groups is 2. The summed E-state index contributed by atoms with van der Waals surface area (Å²) in [6.45, 7) is 6.14. The van der Waals surface area contributed by atoms with E-state index in [1.54, 1.807) is 12.1 Å². The number of nitrogens with one attached hydrogen (secondary N) is 1. The highest BCUT2D eigenvalue weighted by molar-refractivity contribution is 7.92. The van der Waals surface area contributed by atoms with Crippen LogP contribution in [0.15, 0.2) is 48.5 Å². The summed E-state index contributed by atoms with van der Waals surface area (Å²) in [5, 5.41) is 3.53. The first-order valence-electron chi connectivity index (χ1n) is 15.8. The summed E-state index contributed by atoms with van der Waals surface area (Å²) in [6, 6.07) is 14.3. The van der Waals surface area contributed by atoms with Crippen molar-refractivity contribution in [3.8, 4) is 0 Å². The lowest BCUT2D eigenvalue weighted by atomic mass is 9.48. The van der Waals surface area contributed by atoms with E-state index in [0.29, 0.717) is 23.7 Å². The lowest BCUT2D eigenvalue weighted by Gasteiger charge is -2.57. The van der Waals surface area contributed by atoms with Gasteiger partial charge < -0.3 is 10.2 Å². The molecular formula is C34H46ClN3O4S. The van der Waals surface area contributed by atoms with Crippen LogP contribution in [0.3, 0.4) is 0 Å². The highest BCUT2D eigenvalue weighted by atomic mass is 35.5. The minimum absolute atomic E-state index is 0.159. The van der Waals surface area contributed by atoms with Gasteiger partial charge in [0.05, 0.1) is 11.9 Å². The third kappa shape index (κ3) is 7.22. The van der Waals surface area contributed by atoms with Crippen molar-refractivity contribution in [3.63, 3.8) is 0 Å². The van der Waals surface area contributed by atoms with Crippen LogP contribution >= 0.6 is 11.6 Å². The molecule has 6 rings (SSSR count). The first-order chi connectivity index (χ1) is 20.4. The van der Waals surface area contributed by atoms with Crippen molar-refractivity contribution in [1.82, 2.24) is 10.2 Å². The van der Waals surface area contributed by atoms with Crippen LogP contribution in [-0.4, -0.2) is 50.5 Å². The Labute approximate surface area is 262 Å². The normalized spacial score (nSPS) is 25.0. The minimum Gasteiger partial charge on any atom is -0.354 e. The molecule has 0 spiro atoms. The molecule has 4 bridgehead atoms. The van der Waals surface area contributed by atoms with Crippen molar-refractivity contribution in [2.75, 3.05) is 23.7 Å². The highest BCUT2D eigenvalue weighted by Crippen LogP contribution is 2.60. The van der Waals surface area contributed by atoms with Gasteiger partial charge in [0.25, 0.3) is 0 Å². The zero-order chi connectivity index (χ0) is 30.9. The lowest BCUT2D eigenvalue weighted by molar-refractivity contribution is -0.140. The van der Waals surface area contributed by atoms with E-state index in [2.05, 4.69) is 17.4 Å². The molecule has 0 aliphatic heterocycles. The maximum atomic E-state index is 14.0. The second-order valence-electron chi connectivity index (χ2n) is 13.7. The lowest BCUT2D eigenvalue weighted by Crippen LogP contribution is -2.52. The fourth-order valence-electron chi connectivity index (χ4n) is 8.19. The number of rotatable bonds is 12. The summed E-state index contributed by atoms with van der Waals surface area (Å²) in [7, 11) is -3.79. The monoisotopic (exact) mass is 627 g/mol. The van der Waals surface area contributed by atoms with Crippen LogP contribution in [0.4, 0.5) is 5.69 Å². The van der Waals surface area contributed by atoms with E-state index in [0.717, 1.165) is 29.6 Å². The number of carbonyl (C=O) groups excluding carboxylic acids is 2. The van der Waals surface area contributed by atoms with Crippen LogP contribution in [0, 0.1) is 23.7 Å². The predicted octanol–water partition coefficient (Wildman–Crippen LogP) is 6.15. The molecule has 2 aromatic rings. The fourth-order valence-corrected chi connectivity index (χ4v) is 9.16. The number of sulfonamides is 1. The Morgan fingerprint density at radius 1 is 0.953 bits per heavy atom.